The van der Waals surface area contributed by atoms with Crippen LogP contribution in [0.4, 0.5) is 0 Å². The number of amides is 1. The number of hydrazone groups is 1. The Hall–Kier alpha value is -2.14. The molecule has 0 aliphatic heterocycles. The van der Waals surface area contributed by atoms with Crippen LogP contribution < -0.4 is 10.2 Å². The van der Waals surface area contributed by atoms with Gasteiger partial charge in [-0.05, 0) is 47.5 Å². The van der Waals surface area contributed by atoms with Gasteiger partial charge in [0, 0.05) is 11.1 Å². The Kier molecular flexibility index (Phi) is 5.32. The molecule has 0 saturated heterocycles. The fourth-order valence-electron chi connectivity index (χ4n) is 1.50. The summed E-state index contributed by atoms with van der Waals surface area (Å²) in [5.74, 6) is 0.531. The minimum atomic E-state index is -0.237. The molecular formula is C15H16N2O2S. The summed E-state index contributed by atoms with van der Waals surface area (Å²) in [6.45, 7) is 2.73. The fourth-order valence-corrected chi connectivity index (χ4v) is 2.11. The second-order valence-electron chi connectivity index (χ2n) is 4.13. The largest absolute Gasteiger partial charge is 0.494 e. The van der Waals surface area contributed by atoms with E-state index in [0.29, 0.717) is 12.2 Å². The standard InChI is InChI=1S/C15H16N2O2S/c1-2-8-19-14-5-3-13(4-6-14)15(18)17-16-10-12-7-9-20-11-12/h3-7,9-11H,2,8H2,1H3,(H,17,18)/b16-10+. The van der Waals surface area contributed by atoms with Gasteiger partial charge in [-0.2, -0.15) is 16.4 Å². The zero-order valence-corrected chi connectivity index (χ0v) is 12.0. The average molecular weight is 288 g/mol. The highest BCUT2D eigenvalue weighted by molar-refractivity contribution is 7.08. The van der Waals surface area contributed by atoms with Gasteiger partial charge in [-0.25, -0.2) is 5.43 Å². The van der Waals surface area contributed by atoms with Crippen LogP contribution in [0, 0.1) is 0 Å². The first-order chi connectivity index (χ1) is 9.79. The molecule has 2 rings (SSSR count). The van der Waals surface area contributed by atoms with Crippen LogP contribution in [-0.2, 0) is 0 Å². The highest BCUT2D eigenvalue weighted by Crippen LogP contribution is 2.12. The van der Waals surface area contributed by atoms with Crippen molar-refractivity contribution in [2.75, 3.05) is 6.61 Å². The molecule has 2 aromatic rings. The van der Waals surface area contributed by atoms with Crippen LogP contribution >= 0.6 is 11.3 Å². The van der Waals surface area contributed by atoms with E-state index in [-0.39, 0.29) is 5.91 Å². The van der Waals surface area contributed by atoms with Gasteiger partial charge in [0.1, 0.15) is 5.75 Å². The third-order valence-corrected chi connectivity index (χ3v) is 3.21. The van der Waals surface area contributed by atoms with Crippen molar-refractivity contribution in [3.05, 3.63) is 52.2 Å². The average Bonchev–Trinajstić information content (AvgIpc) is 2.99. The van der Waals surface area contributed by atoms with Gasteiger partial charge in [-0.1, -0.05) is 6.92 Å². The summed E-state index contributed by atoms with van der Waals surface area (Å²) in [5, 5.41) is 7.82. The summed E-state index contributed by atoms with van der Waals surface area (Å²) >= 11 is 1.58. The lowest BCUT2D eigenvalue weighted by molar-refractivity contribution is 0.0955. The molecule has 20 heavy (non-hydrogen) atoms. The summed E-state index contributed by atoms with van der Waals surface area (Å²) < 4.78 is 5.46. The van der Waals surface area contributed by atoms with Crippen molar-refractivity contribution < 1.29 is 9.53 Å². The monoisotopic (exact) mass is 288 g/mol. The van der Waals surface area contributed by atoms with Gasteiger partial charge in [-0.3, -0.25) is 4.79 Å². The summed E-state index contributed by atoms with van der Waals surface area (Å²) in [4.78, 5) is 11.8. The Morgan fingerprint density at radius 3 is 2.80 bits per heavy atom. The van der Waals surface area contributed by atoms with E-state index in [1.165, 1.54) is 0 Å². The van der Waals surface area contributed by atoms with Gasteiger partial charge >= 0.3 is 0 Å². The molecule has 1 heterocycles. The molecule has 0 atom stereocenters. The first-order valence-corrected chi connectivity index (χ1v) is 7.32. The third kappa shape index (κ3) is 4.20. The van der Waals surface area contributed by atoms with Crippen LogP contribution in [0.5, 0.6) is 5.75 Å². The van der Waals surface area contributed by atoms with E-state index in [2.05, 4.69) is 10.5 Å². The highest BCUT2D eigenvalue weighted by Gasteiger charge is 2.04. The van der Waals surface area contributed by atoms with Crippen molar-refractivity contribution in [1.29, 1.82) is 0 Å². The molecule has 0 aliphatic carbocycles. The van der Waals surface area contributed by atoms with E-state index in [9.17, 15) is 4.79 Å². The second-order valence-corrected chi connectivity index (χ2v) is 4.91. The smallest absolute Gasteiger partial charge is 0.271 e. The minimum absolute atomic E-state index is 0.237. The molecule has 1 aromatic carbocycles. The van der Waals surface area contributed by atoms with Gasteiger partial charge in [0.25, 0.3) is 5.91 Å². The third-order valence-electron chi connectivity index (χ3n) is 2.51. The Morgan fingerprint density at radius 2 is 2.15 bits per heavy atom. The van der Waals surface area contributed by atoms with E-state index >= 15 is 0 Å². The van der Waals surface area contributed by atoms with E-state index in [1.54, 1.807) is 41.8 Å². The molecular weight excluding hydrogens is 272 g/mol. The van der Waals surface area contributed by atoms with E-state index < -0.39 is 0 Å². The molecule has 104 valence electrons. The first kappa shape index (κ1) is 14.3. The number of ether oxygens (including phenoxy) is 1. The quantitative estimate of drug-likeness (QED) is 0.655. The normalized spacial score (nSPS) is 10.7. The lowest BCUT2D eigenvalue weighted by Gasteiger charge is -2.05. The van der Waals surface area contributed by atoms with E-state index in [1.807, 2.05) is 23.8 Å². The predicted octanol–water partition coefficient (Wildman–Crippen LogP) is 3.30. The van der Waals surface area contributed by atoms with Crippen LogP contribution in [0.2, 0.25) is 0 Å². The zero-order chi connectivity index (χ0) is 14.2. The number of hydrogen-bond donors (Lipinski definition) is 1. The van der Waals surface area contributed by atoms with Gasteiger partial charge in [0.2, 0.25) is 0 Å². The van der Waals surface area contributed by atoms with Crippen molar-refractivity contribution in [3.63, 3.8) is 0 Å². The lowest BCUT2D eigenvalue weighted by atomic mass is 10.2. The summed E-state index contributed by atoms with van der Waals surface area (Å²) in [6, 6.07) is 8.95. The highest BCUT2D eigenvalue weighted by atomic mass is 32.1. The Morgan fingerprint density at radius 1 is 1.35 bits per heavy atom. The number of nitrogens with one attached hydrogen (secondary N) is 1. The number of hydrogen-bond acceptors (Lipinski definition) is 4. The van der Waals surface area contributed by atoms with Crippen LogP contribution in [0.3, 0.4) is 0 Å². The summed E-state index contributed by atoms with van der Waals surface area (Å²) in [5.41, 5.74) is 4.02. The molecule has 4 nitrogen and oxygen atoms in total. The molecule has 0 spiro atoms. The zero-order valence-electron chi connectivity index (χ0n) is 11.2. The van der Waals surface area contributed by atoms with E-state index in [4.69, 9.17) is 4.74 Å². The maximum atomic E-state index is 11.8. The predicted molar refractivity (Wildman–Crippen MR) is 81.6 cm³/mol. The van der Waals surface area contributed by atoms with Gasteiger partial charge in [0.15, 0.2) is 0 Å². The van der Waals surface area contributed by atoms with Crippen LogP contribution in [-0.4, -0.2) is 18.7 Å². The van der Waals surface area contributed by atoms with Crippen LogP contribution in [0.1, 0.15) is 29.3 Å². The fraction of sp³-hybridized carbons (Fsp3) is 0.200. The molecule has 1 N–H and O–H groups in total. The lowest BCUT2D eigenvalue weighted by Crippen LogP contribution is -2.17. The molecule has 0 unspecified atom stereocenters. The van der Waals surface area contributed by atoms with Gasteiger partial charge in [-0.15, -0.1) is 0 Å². The molecule has 5 heteroatoms. The number of rotatable bonds is 6. The van der Waals surface area contributed by atoms with Crippen molar-refractivity contribution in [2.45, 2.75) is 13.3 Å². The number of nitrogens with zero attached hydrogens (tertiary/aromatic N) is 1. The molecule has 1 amide bonds. The van der Waals surface area contributed by atoms with Gasteiger partial charge < -0.3 is 4.74 Å². The SMILES string of the molecule is CCCOc1ccc(C(=O)N/N=C/c2ccsc2)cc1. The Labute approximate surface area is 122 Å². The van der Waals surface area contributed by atoms with Crippen LogP contribution in [0.25, 0.3) is 0 Å². The van der Waals surface area contributed by atoms with Crippen LogP contribution in [0.15, 0.2) is 46.2 Å². The number of carbonyl (C=O) groups is 1. The second kappa shape index (κ2) is 7.45. The van der Waals surface area contributed by atoms with Crippen molar-refractivity contribution in [1.82, 2.24) is 5.43 Å². The summed E-state index contributed by atoms with van der Waals surface area (Å²) in [7, 11) is 0. The molecule has 0 bridgehead atoms. The minimum Gasteiger partial charge on any atom is -0.494 e. The Balaban J connectivity index is 1.89. The van der Waals surface area contributed by atoms with Crippen molar-refractivity contribution in [3.8, 4) is 5.75 Å². The number of thiophene rings is 1. The Bertz CT molecular complexity index is 562. The van der Waals surface area contributed by atoms with Crippen molar-refractivity contribution in [2.24, 2.45) is 5.10 Å². The first-order valence-electron chi connectivity index (χ1n) is 6.38. The van der Waals surface area contributed by atoms with Gasteiger partial charge in [0.05, 0.1) is 12.8 Å². The topological polar surface area (TPSA) is 50.7 Å². The maximum absolute atomic E-state index is 11.8. The summed E-state index contributed by atoms with van der Waals surface area (Å²) in [6.07, 6.45) is 2.58. The van der Waals surface area contributed by atoms with Crippen molar-refractivity contribution >= 4 is 23.5 Å². The van der Waals surface area contributed by atoms with E-state index in [0.717, 1.165) is 17.7 Å². The molecule has 0 radical (unpaired) electrons. The molecule has 0 aliphatic rings. The number of carbonyl (C=O) groups excluding carboxylic acids is 1. The molecule has 0 fully saturated rings. The molecule has 0 saturated carbocycles. The molecule has 1 aromatic heterocycles. The number of benzene rings is 1. The maximum Gasteiger partial charge on any atom is 0.271 e.